The first-order valence-electron chi connectivity index (χ1n) is 4.79. The fourth-order valence-electron chi connectivity index (χ4n) is 1.17. The molecule has 0 unspecified atom stereocenters. The van der Waals surface area contributed by atoms with Gasteiger partial charge in [0.2, 0.25) is 6.08 Å². The minimum absolute atomic E-state index is 0.282. The third-order valence-corrected chi connectivity index (χ3v) is 1.83. The standard InChI is InChI=1S/C11H12N2O3/c1-3-16-11(15)13-9-5-4-8(2)6-10(9)12-7-14/h4-6H,3H2,1-2H3,(H,13,15). The highest BCUT2D eigenvalue weighted by Gasteiger charge is 2.06. The molecular weight excluding hydrogens is 208 g/mol. The molecule has 1 aromatic rings. The second-order valence-corrected chi connectivity index (χ2v) is 3.07. The van der Waals surface area contributed by atoms with Gasteiger partial charge in [0.25, 0.3) is 0 Å². The van der Waals surface area contributed by atoms with Crippen molar-refractivity contribution in [2.75, 3.05) is 11.9 Å². The summed E-state index contributed by atoms with van der Waals surface area (Å²) < 4.78 is 4.72. The summed E-state index contributed by atoms with van der Waals surface area (Å²) in [7, 11) is 0. The largest absolute Gasteiger partial charge is 0.450 e. The van der Waals surface area contributed by atoms with Gasteiger partial charge >= 0.3 is 6.09 Å². The molecule has 0 saturated carbocycles. The van der Waals surface area contributed by atoms with E-state index in [1.165, 1.54) is 6.08 Å². The Morgan fingerprint density at radius 3 is 2.94 bits per heavy atom. The summed E-state index contributed by atoms with van der Waals surface area (Å²) in [4.78, 5) is 24.9. The number of nitrogens with zero attached hydrogens (tertiary/aromatic N) is 1. The van der Waals surface area contributed by atoms with Crippen molar-refractivity contribution < 1.29 is 14.3 Å². The predicted octanol–water partition coefficient (Wildman–Crippen LogP) is 2.53. The molecule has 0 fully saturated rings. The number of aliphatic imine (C=N–C) groups is 1. The molecule has 5 nitrogen and oxygen atoms in total. The zero-order chi connectivity index (χ0) is 12.0. The number of isocyanates is 1. The Balaban J connectivity index is 2.94. The minimum Gasteiger partial charge on any atom is -0.450 e. The molecule has 0 atom stereocenters. The van der Waals surface area contributed by atoms with Crippen LogP contribution in [0.5, 0.6) is 0 Å². The van der Waals surface area contributed by atoms with E-state index in [0.29, 0.717) is 11.4 Å². The van der Waals surface area contributed by atoms with Crippen LogP contribution in [-0.2, 0) is 9.53 Å². The third kappa shape index (κ3) is 3.22. The molecule has 0 heterocycles. The van der Waals surface area contributed by atoms with Crippen LogP contribution in [-0.4, -0.2) is 18.8 Å². The maximum Gasteiger partial charge on any atom is 0.411 e. The van der Waals surface area contributed by atoms with E-state index in [2.05, 4.69) is 10.3 Å². The van der Waals surface area contributed by atoms with E-state index in [1.54, 1.807) is 25.1 Å². The van der Waals surface area contributed by atoms with E-state index in [4.69, 9.17) is 4.74 Å². The molecule has 0 aliphatic heterocycles. The Morgan fingerprint density at radius 1 is 1.56 bits per heavy atom. The fraction of sp³-hybridized carbons (Fsp3) is 0.273. The van der Waals surface area contributed by atoms with Gasteiger partial charge in [0.15, 0.2) is 0 Å². The molecule has 1 aromatic carbocycles. The summed E-state index contributed by atoms with van der Waals surface area (Å²) >= 11 is 0. The van der Waals surface area contributed by atoms with Gasteiger partial charge in [0.1, 0.15) is 5.69 Å². The van der Waals surface area contributed by atoms with Crippen molar-refractivity contribution in [3.05, 3.63) is 23.8 Å². The number of anilines is 1. The second-order valence-electron chi connectivity index (χ2n) is 3.07. The quantitative estimate of drug-likeness (QED) is 0.628. The van der Waals surface area contributed by atoms with Crippen LogP contribution in [0.3, 0.4) is 0 Å². The van der Waals surface area contributed by atoms with Crippen molar-refractivity contribution in [3.8, 4) is 0 Å². The zero-order valence-corrected chi connectivity index (χ0v) is 9.11. The average Bonchev–Trinajstić information content (AvgIpc) is 2.23. The molecular formula is C11H12N2O3. The Morgan fingerprint density at radius 2 is 2.31 bits per heavy atom. The smallest absolute Gasteiger partial charge is 0.411 e. The number of nitrogens with one attached hydrogen (secondary N) is 1. The molecule has 0 spiro atoms. The summed E-state index contributed by atoms with van der Waals surface area (Å²) in [6, 6.07) is 5.13. The number of ether oxygens (including phenoxy) is 1. The number of carbonyl (C=O) groups excluding carboxylic acids is 2. The molecule has 16 heavy (non-hydrogen) atoms. The highest BCUT2D eigenvalue weighted by Crippen LogP contribution is 2.25. The lowest BCUT2D eigenvalue weighted by Crippen LogP contribution is -2.13. The first-order valence-corrected chi connectivity index (χ1v) is 4.79. The average molecular weight is 220 g/mol. The van der Waals surface area contributed by atoms with Gasteiger partial charge in [-0.3, -0.25) is 5.32 Å². The van der Waals surface area contributed by atoms with Crippen LogP contribution in [0, 0.1) is 6.92 Å². The van der Waals surface area contributed by atoms with Crippen molar-refractivity contribution in [1.29, 1.82) is 0 Å². The van der Waals surface area contributed by atoms with E-state index >= 15 is 0 Å². The van der Waals surface area contributed by atoms with E-state index in [0.717, 1.165) is 5.56 Å². The van der Waals surface area contributed by atoms with Crippen LogP contribution < -0.4 is 5.32 Å². The topological polar surface area (TPSA) is 67.8 Å². The number of hydrogen-bond donors (Lipinski definition) is 1. The molecule has 0 aliphatic carbocycles. The van der Waals surface area contributed by atoms with Crippen LogP contribution in [0.1, 0.15) is 12.5 Å². The molecule has 0 bridgehead atoms. The highest BCUT2D eigenvalue weighted by atomic mass is 16.5. The molecule has 1 N–H and O–H groups in total. The van der Waals surface area contributed by atoms with E-state index in [-0.39, 0.29) is 6.61 Å². The maximum absolute atomic E-state index is 11.2. The second kappa shape index (κ2) is 5.68. The first-order chi connectivity index (χ1) is 7.67. The molecule has 84 valence electrons. The number of carbonyl (C=O) groups is 1. The van der Waals surface area contributed by atoms with Gasteiger partial charge < -0.3 is 4.74 Å². The summed E-state index contributed by atoms with van der Waals surface area (Å²) in [5, 5.41) is 2.49. The SMILES string of the molecule is CCOC(=O)Nc1ccc(C)cc1N=C=O. The summed E-state index contributed by atoms with van der Waals surface area (Å²) in [5.74, 6) is 0. The molecule has 5 heteroatoms. The Kier molecular flexibility index (Phi) is 4.24. The van der Waals surface area contributed by atoms with Crippen LogP contribution in [0.4, 0.5) is 16.2 Å². The van der Waals surface area contributed by atoms with Crippen LogP contribution in [0.25, 0.3) is 0 Å². The Hall–Kier alpha value is -2.13. The van der Waals surface area contributed by atoms with Crippen LogP contribution in [0.2, 0.25) is 0 Å². The van der Waals surface area contributed by atoms with Gasteiger partial charge in [-0.2, -0.15) is 4.99 Å². The van der Waals surface area contributed by atoms with Crippen molar-refractivity contribution in [3.63, 3.8) is 0 Å². The number of hydrogen-bond acceptors (Lipinski definition) is 4. The summed E-state index contributed by atoms with van der Waals surface area (Å²) in [6.07, 6.45) is 0.864. The molecule has 1 rings (SSSR count). The number of rotatable bonds is 3. The monoisotopic (exact) mass is 220 g/mol. The van der Waals surface area contributed by atoms with E-state index < -0.39 is 6.09 Å². The van der Waals surface area contributed by atoms with Crippen molar-refractivity contribution >= 4 is 23.5 Å². The van der Waals surface area contributed by atoms with Crippen LogP contribution >= 0.6 is 0 Å². The Labute approximate surface area is 93.1 Å². The molecule has 0 saturated heterocycles. The van der Waals surface area contributed by atoms with Gasteiger partial charge in [-0.05, 0) is 31.5 Å². The number of benzene rings is 1. The summed E-state index contributed by atoms with van der Waals surface area (Å²) in [6.45, 7) is 3.85. The molecule has 0 aromatic heterocycles. The minimum atomic E-state index is -0.575. The van der Waals surface area contributed by atoms with E-state index in [1.807, 2.05) is 6.92 Å². The normalized spacial score (nSPS) is 9.12. The highest BCUT2D eigenvalue weighted by molar-refractivity contribution is 5.89. The van der Waals surface area contributed by atoms with Gasteiger partial charge in [-0.1, -0.05) is 6.07 Å². The van der Waals surface area contributed by atoms with Gasteiger partial charge in [0, 0.05) is 0 Å². The Bertz CT molecular complexity index is 437. The van der Waals surface area contributed by atoms with Crippen molar-refractivity contribution in [1.82, 2.24) is 0 Å². The van der Waals surface area contributed by atoms with Crippen LogP contribution in [0.15, 0.2) is 23.2 Å². The third-order valence-electron chi connectivity index (χ3n) is 1.83. The molecule has 1 amide bonds. The molecule has 0 aliphatic rings. The number of amides is 1. The maximum atomic E-state index is 11.2. The fourth-order valence-corrected chi connectivity index (χ4v) is 1.17. The lowest BCUT2D eigenvalue weighted by Gasteiger charge is -2.07. The van der Waals surface area contributed by atoms with Crippen molar-refractivity contribution in [2.24, 2.45) is 4.99 Å². The lowest BCUT2D eigenvalue weighted by atomic mass is 10.2. The van der Waals surface area contributed by atoms with Gasteiger partial charge in [-0.25, -0.2) is 9.59 Å². The predicted molar refractivity (Wildman–Crippen MR) is 59.6 cm³/mol. The first kappa shape index (κ1) is 11.9. The number of aryl methyl sites for hydroxylation is 1. The van der Waals surface area contributed by atoms with Crippen molar-refractivity contribution in [2.45, 2.75) is 13.8 Å². The lowest BCUT2D eigenvalue weighted by molar-refractivity contribution is 0.168. The summed E-state index contributed by atoms with van der Waals surface area (Å²) in [5.41, 5.74) is 1.72. The van der Waals surface area contributed by atoms with Gasteiger partial charge in [-0.15, -0.1) is 0 Å². The van der Waals surface area contributed by atoms with E-state index in [9.17, 15) is 9.59 Å². The molecule has 0 radical (unpaired) electrons. The van der Waals surface area contributed by atoms with Gasteiger partial charge in [0.05, 0.1) is 12.3 Å². The zero-order valence-electron chi connectivity index (χ0n) is 9.11.